The smallest absolute Gasteiger partial charge is 0.191 e. The van der Waals surface area contributed by atoms with Gasteiger partial charge in [0, 0.05) is 17.6 Å². The molecule has 1 aromatic heterocycles. The fourth-order valence-electron chi connectivity index (χ4n) is 2.71. The summed E-state index contributed by atoms with van der Waals surface area (Å²) in [5.41, 5.74) is 1.42. The van der Waals surface area contributed by atoms with Gasteiger partial charge in [-0.25, -0.2) is 0 Å². The topological polar surface area (TPSA) is 49.6 Å². The minimum absolute atomic E-state index is 0.483. The van der Waals surface area contributed by atoms with Crippen LogP contribution in [0.3, 0.4) is 0 Å². The molecule has 1 fully saturated rings. The Morgan fingerprint density at radius 1 is 1.27 bits per heavy atom. The maximum Gasteiger partial charge on any atom is 0.191 e. The first-order chi connectivity index (χ1) is 10.7. The third-order valence-electron chi connectivity index (χ3n) is 4.05. The van der Waals surface area contributed by atoms with Crippen molar-refractivity contribution in [2.45, 2.75) is 31.3 Å². The van der Waals surface area contributed by atoms with Crippen LogP contribution in [0.5, 0.6) is 0 Å². The number of guanidine groups is 1. The van der Waals surface area contributed by atoms with Crippen LogP contribution in [0.15, 0.2) is 56.5 Å². The highest BCUT2D eigenvalue weighted by molar-refractivity contribution is 9.10. The largest absolute Gasteiger partial charge is 0.467 e. The molecule has 2 N–H and O–H groups in total. The van der Waals surface area contributed by atoms with Gasteiger partial charge < -0.3 is 15.1 Å². The molecule has 0 radical (unpaired) electrons. The van der Waals surface area contributed by atoms with Crippen LogP contribution in [0, 0.1) is 0 Å². The van der Waals surface area contributed by atoms with E-state index in [2.05, 4.69) is 55.8 Å². The molecule has 1 saturated carbocycles. The Hall–Kier alpha value is -1.75. The molecule has 116 valence electrons. The number of nitrogens with one attached hydrogen (secondary N) is 2. The third-order valence-corrected chi connectivity index (χ3v) is 4.58. The molecule has 1 aliphatic rings. The maximum atomic E-state index is 5.31. The molecule has 0 unspecified atom stereocenters. The third kappa shape index (κ3) is 3.71. The van der Waals surface area contributed by atoms with E-state index in [9.17, 15) is 0 Å². The number of rotatable bonds is 4. The summed E-state index contributed by atoms with van der Waals surface area (Å²) in [6.45, 7) is 0.648. The summed E-state index contributed by atoms with van der Waals surface area (Å²) in [6, 6.07) is 13.0. The molecule has 0 bridgehead atoms. The van der Waals surface area contributed by atoms with Gasteiger partial charge in [-0.3, -0.25) is 4.99 Å². The molecule has 0 saturated heterocycles. The van der Waals surface area contributed by atoms with E-state index in [0.29, 0.717) is 18.5 Å². The monoisotopic (exact) mass is 361 g/mol. The molecule has 2 aromatic rings. The number of hydrogen-bond acceptors (Lipinski definition) is 2. The van der Waals surface area contributed by atoms with E-state index in [4.69, 9.17) is 4.42 Å². The van der Waals surface area contributed by atoms with Crippen LogP contribution in [0.4, 0.5) is 0 Å². The summed E-state index contributed by atoms with van der Waals surface area (Å²) < 4.78 is 6.44. The van der Waals surface area contributed by atoms with Crippen molar-refractivity contribution >= 4 is 21.9 Å². The van der Waals surface area contributed by atoms with Gasteiger partial charge in [-0.1, -0.05) is 28.1 Å². The molecular formula is C17H20BrN3O. The average Bonchev–Trinajstić information content (AvgIpc) is 3.00. The van der Waals surface area contributed by atoms with Gasteiger partial charge in [0.1, 0.15) is 5.76 Å². The van der Waals surface area contributed by atoms with Crippen molar-refractivity contribution in [2.24, 2.45) is 4.99 Å². The molecule has 5 heteroatoms. The minimum atomic E-state index is 0.483. The Balaban J connectivity index is 1.45. The lowest BCUT2D eigenvalue weighted by Crippen LogP contribution is -2.48. The van der Waals surface area contributed by atoms with E-state index in [1.54, 1.807) is 13.3 Å². The van der Waals surface area contributed by atoms with E-state index >= 15 is 0 Å². The van der Waals surface area contributed by atoms with E-state index in [1.807, 2.05) is 12.1 Å². The molecule has 1 aromatic carbocycles. The zero-order valence-corrected chi connectivity index (χ0v) is 14.1. The second-order valence-electron chi connectivity index (χ2n) is 5.57. The molecule has 0 spiro atoms. The van der Waals surface area contributed by atoms with Gasteiger partial charge in [0.15, 0.2) is 5.96 Å². The van der Waals surface area contributed by atoms with Crippen LogP contribution in [-0.2, 0) is 6.54 Å². The van der Waals surface area contributed by atoms with Crippen LogP contribution in [0.25, 0.3) is 0 Å². The second-order valence-corrected chi connectivity index (χ2v) is 6.48. The van der Waals surface area contributed by atoms with Crippen molar-refractivity contribution in [3.63, 3.8) is 0 Å². The number of halogens is 1. The number of hydrogen-bond donors (Lipinski definition) is 2. The molecule has 1 aliphatic carbocycles. The first-order valence-electron chi connectivity index (χ1n) is 7.49. The van der Waals surface area contributed by atoms with Gasteiger partial charge >= 0.3 is 0 Å². The van der Waals surface area contributed by atoms with Crippen LogP contribution in [0.2, 0.25) is 0 Å². The molecule has 0 aliphatic heterocycles. The van der Waals surface area contributed by atoms with Crippen molar-refractivity contribution < 1.29 is 4.42 Å². The van der Waals surface area contributed by atoms with E-state index < -0.39 is 0 Å². The number of nitrogens with zero attached hydrogens (tertiary/aromatic N) is 1. The van der Waals surface area contributed by atoms with E-state index in [-0.39, 0.29) is 0 Å². The molecule has 22 heavy (non-hydrogen) atoms. The van der Waals surface area contributed by atoms with Crippen molar-refractivity contribution in [1.82, 2.24) is 10.6 Å². The Labute approximate surface area is 139 Å². The van der Waals surface area contributed by atoms with Crippen molar-refractivity contribution in [2.75, 3.05) is 7.05 Å². The quantitative estimate of drug-likeness (QED) is 0.645. The Morgan fingerprint density at radius 2 is 2.05 bits per heavy atom. The summed E-state index contributed by atoms with van der Waals surface area (Å²) in [5.74, 6) is 2.38. The fourth-order valence-corrected chi connectivity index (χ4v) is 2.98. The zero-order valence-electron chi connectivity index (χ0n) is 12.6. The molecule has 0 atom stereocenters. The van der Waals surface area contributed by atoms with Gasteiger partial charge in [0.2, 0.25) is 0 Å². The average molecular weight is 362 g/mol. The SMILES string of the molecule is CN=C(NCc1ccco1)NC1CC(c2ccc(Br)cc2)C1. The lowest BCUT2D eigenvalue weighted by atomic mass is 9.76. The Kier molecular flexibility index (Phi) is 4.83. The summed E-state index contributed by atoms with van der Waals surface area (Å²) in [4.78, 5) is 4.27. The Morgan fingerprint density at radius 3 is 2.68 bits per heavy atom. The van der Waals surface area contributed by atoms with Crippen LogP contribution >= 0.6 is 15.9 Å². The predicted octanol–water partition coefficient (Wildman–Crippen LogP) is 3.65. The lowest BCUT2D eigenvalue weighted by Gasteiger charge is -2.37. The van der Waals surface area contributed by atoms with Gasteiger partial charge in [0.05, 0.1) is 12.8 Å². The second kappa shape index (κ2) is 7.01. The number of benzene rings is 1. The van der Waals surface area contributed by atoms with Gasteiger partial charge in [0.25, 0.3) is 0 Å². The maximum absolute atomic E-state index is 5.31. The van der Waals surface area contributed by atoms with Crippen molar-refractivity contribution in [3.8, 4) is 0 Å². The van der Waals surface area contributed by atoms with Crippen LogP contribution in [-0.4, -0.2) is 19.0 Å². The van der Waals surface area contributed by atoms with Crippen LogP contribution < -0.4 is 10.6 Å². The molecule has 4 nitrogen and oxygen atoms in total. The highest BCUT2D eigenvalue weighted by atomic mass is 79.9. The summed E-state index contributed by atoms with van der Waals surface area (Å²) in [6.07, 6.45) is 3.97. The number of furan rings is 1. The van der Waals surface area contributed by atoms with E-state index in [0.717, 1.165) is 29.0 Å². The fraction of sp³-hybridized carbons (Fsp3) is 0.353. The van der Waals surface area contributed by atoms with Gasteiger partial charge in [-0.05, 0) is 48.6 Å². The number of aliphatic imine (C=N–C) groups is 1. The lowest BCUT2D eigenvalue weighted by molar-refractivity contribution is 0.321. The van der Waals surface area contributed by atoms with E-state index in [1.165, 1.54) is 5.56 Å². The minimum Gasteiger partial charge on any atom is -0.467 e. The summed E-state index contributed by atoms with van der Waals surface area (Å²) in [5, 5.41) is 6.74. The van der Waals surface area contributed by atoms with Crippen molar-refractivity contribution in [3.05, 3.63) is 58.5 Å². The predicted molar refractivity (Wildman–Crippen MR) is 91.9 cm³/mol. The summed E-state index contributed by atoms with van der Waals surface area (Å²) in [7, 11) is 1.79. The first kappa shape index (κ1) is 15.2. The van der Waals surface area contributed by atoms with Gasteiger partial charge in [-0.2, -0.15) is 0 Å². The molecule has 3 rings (SSSR count). The Bertz CT molecular complexity index is 616. The first-order valence-corrected chi connectivity index (χ1v) is 8.29. The standard InChI is InChI=1S/C17H20BrN3O/c1-19-17(20-11-16-3-2-8-22-16)21-15-9-13(10-15)12-4-6-14(18)7-5-12/h2-8,13,15H,9-11H2,1H3,(H2,19,20,21). The van der Waals surface area contributed by atoms with Crippen molar-refractivity contribution in [1.29, 1.82) is 0 Å². The normalized spacial score (nSPS) is 21.3. The zero-order chi connectivity index (χ0) is 15.4. The van der Waals surface area contributed by atoms with Gasteiger partial charge in [-0.15, -0.1) is 0 Å². The molecule has 1 heterocycles. The molecular weight excluding hydrogens is 342 g/mol. The highest BCUT2D eigenvalue weighted by Crippen LogP contribution is 2.37. The van der Waals surface area contributed by atoms with Crippen LogP contribution in [0.1, 0.15) is 30.1 Å². The highest BCUT2D eigenvalue weighted by Gasteiger charge is 2.30. The summed E-state index contributed by atoms with van der Waals surface area (Å²) >= 11 is 3.48. The molecule has 0 amide bonds.